The maximum atomic E-state index is 12.8. The monoisotopic (exact) mass is 526 g/mol. The second kappa shape index (κ2) is 14.6. The van der Waals surface area contributed by atoms with Gasteiger partial charge in [-0.2, -0.15) is 8.78 Å². The fourth-order valence-corrected chi connectivity index (χ4v) is 3.20. The number of alkyl halides is 2. The van der Waals surface area contributed by atoms with E-state index in [2.05, 4.69) is 20.5 Å². The fourth-order valence-electron chi connectivity index (χ4n) is 3.20. The number of para-hydroxylation sites is 1. The zero-order chi connectivity index (χ0) is 20.2. The zero-order valence-corrected chi connectivity index (χ0v) is 19.6. The summed E-state index contributed by atoms with van der Waals surface area (Å²) in [7, 11) is 0. The van der Waals surface area contributed by atoms with Crippen molar-refractivity contribution < 1.29 is 18.3 Å². The van der Waals surface area contributed by atoms with Crippen LogP contribution in [0.25, 0.3) is 0 Å². The van der Waals surface area contributed by atoms with Crippen LogP contribution >= 0.6 is 24.0 Å². The Bertz CT molecular complexity index is 614. The van der Waals surface area contributed by atoms with Crippen molar-refractivity contribution in [2.75, 3.05) is 39.3 Å². The molecule has 0 radical (unpaired) electrons. The van der Waals surface area contributed by atoms with E-state index >= 15 is 0 Å². The number of hydrogen-bond acceptors (Lipinski definition) is 4. The molecule has 0 spiro atoms. The van der Waals surface area contributed by atoms with Crippen molar-refractivity contribution in [2.45, 2.75) is 46.3 Å². The van der Waals surface area contributed by atoms with Crippen LogP contribution in [-0.2, 0) is 6.54 Å². The molecule has 0 unspecified atom stereocenters. The van der Waals surface area contributed by atoms with Crippen LogP contribution in [0.2, 0.25) is 0 Å². The number of likely N-dealkylation sites (tertiary alicyclic amines) is 1. The summed E-state index contributed by atoms with van der Waals surface area (Å²) < 4.78 is 35.8. The molecule has 29 heavy (non-hydrogen) atoms. The number of guanidine groups is 1. The summed E-state index contributed by atoms with van der Waals surface area (Å²) in [5.41, 5.74) is 0.555. The molecule has 0 atom stereocenters. The average Bonchev–Trinajstić information content (AvgIpc) is 2.68. The van der Waals surface area contributed by atoms with E-state index in [-0.39, 0.29) is 36.3 Å². The zero-order valence-electron chi connectivity index (χ0n) is 17.3. The molecular formula is C20H33F2IN4O2. The second-order valence-corrected chi connectivity index (χ2v) is 6.58. The van der Waals surface area contributed by atoms with Gasteiger partial charge in [0.1, 0.15) is 0 Å². The van der Waals surface area contributed by atoms with Crippen molar-refractivity contribution in [1.82, 2.24) is 15.5 Å². The van der Waals surface area contributed by atoms with Gasteiger partial charge in [-0.1, -0.05) is 18.6 Å². The maximum Gasteiger partial charge on any atom is 0.387 e. The highest BCUT2D eigenvalue weighted by atomic mass is 127. The van der Waals surface area contributed by atoms with Gasteiger partial charge in [0.05, 0.1) is 13.2 Å². The lowest BCUT2D eigenvalue weighted by atomic mass is 10.1. The number of piperidine rings is 1. The van der Waals surface area contributed by atoms with Gasteiger partial charge in [0, 0.05) is 25.2 Å². The molecule has 1 aliphatic rings. The van der Waals surface area contributed by atoms with Crippen molar-refractivity contribution >= 4 is 29.9 Å². The Labute approximate surface area is 189 Å². The quantitative estimate of drug-likeness (QED) is 0.276. The minimum absolute atomic E-state index is 0. The molecule has 1 fully saturated rings. The van der Waals surface area contributed by atoms with E-state index in [1.165, 1.54) is 19.3 Å². The molecule has 166 valence electrons. The van der Waals surface area contributed by atoms with Gasteiger partial charge in [-0.3, -0.25) is 0 Å². The van der Waals surface area contributed by atoms with Crippen LogP contribution in [-0.4, -0.2) is 56.8 Å². The van der Waals surface area contributed by atoms with E-state index in [9.17, 15) is 8.78 Å². The third-order valence-electron chi connectivity index (χ3n) is 4.49. The highest BCUT2D eigenvalue weighted by Gasteiger charge is 2.16. The number of hydrogen-bond donors (Lipinski definition) is 2. The molecule has 1 aromatic carbocycles. The molecular weight excluding hydrogens is 493 g/mol. The SMILES string of the molecule is CCNC(=NCc1cccc(OCC)c1OC(F)F)NCCN1CCCCC1.I. The van der Waals surface area contributed by atoms with Crippen molar-refractivity contribution in [2.24, 2.45) is 4.99 Å². The van der Waals surface area contributed by atoms with Gasteiger partial charge in [-0.05, 0) is 45.8 Å². The minimum Gasteiger partial charge on any atom is -0.490 e. The lowest BCUT2D eigenvalue weighted by Crippen LogP contribution is -2.42. The van der Waals surface area contributed by atoms with Gasteiger partial charge in [-0.25, -0.2) is 4.99 Å². The first-order chi connectivity index (χ1) is 13.6. The van der Waals surface area contributed by atoms with Crippen LogP contribution in [0.5, 0.6) is 11.5 Å². The largest absolute Gasteiger partial charge is 0.490 e. The summed E-state index contributed by atoms with van der Waals surface area (Å²) in [5, 5.41) is 6.51. The summed E-state index contributed by atoms with van der Waals surface area (Å²) in [5.74, 6) is 1.01. The lowest BCUT2D eigenvalue weighted by Gasteiger charge is -2.26. The number of ether oxygens (including phenoxy) is 2. The highest BCUT2D eigenvalue weighted by molar-refractivity contribution is 14.0. The Morgan fingerprint density at radius 3 is 2.59 bits per heavy atom. The number of halogens is 3. The molecule has 1 heterocycles. The minimum atomic E-state index is -2.92. The molecule has 2 rings (SSSR count). The first kappa shape index (κ1) is 25.7. The van der Waals surface area contributed by atoms with Gasteiger partial charge in [-0.15, -0.1) is 24.0 Å². The number of aliphatic imine (C=N–C) groups is 1. The number of nitrogens with zero attached hydrogens (tertiary/aromatic N) is 2. The van der Waals surface area contributed by atoms with E-state index in [1.54, 1.807) is 25.1 Å². The predicted octanol–water partition coefficient (Wildman–Crippen LogP) is 3.85. The normalized spacial score (nSPS) is 15.0. The molecule has 6 nitrogen and oxygen atoms in total. The van der Waals surface area contributed by atoms with Crippen molar-refractivity contribution in [3.63, 3.8) is 0 Å². The smallest absolute Gasteiger partial charge is 0.387 e. The van der Waals surface area contributed by atoms with Crippen LogP contribution in [0.3, 0.4) is 0 Å². The van der Waals surface area contributed by atoms with Crippen molar-refractivity contribution in [3.8, 4) is 11.5 Å². The molecule has 0 amide bonds. The van der Waals surface area contributed by atoms with Gasteiger partial charge < -0.3 is 25.0 Å². The van der Waals surface area contributed by atoms with Crippen LogP contribution in [0.1, 0.15) is 38.7 Å². The number of benzene rings is 1. The van der Waals surface area contributed by atoms with E-state index in [1.807, 2.05) is 6.92 Å². The Morgan fingerprint density at radius 1 is 1.17 bits per heavy atom. The Kier molecular flexibility index (Phi) is 12.9. The summed E-state index contributed by atoms with van der Waals surface area (Å²) in [4.78, 5) is 6.98. The highest BCUT2D eigenvalue weighted by Crippen LogP contribution is 2.33. The van der Waals surface area contributed by atoms with Crippen LogP contribution < -0.4 is 20.1 Å². The standard InChI is InChI=1S/C20H32F2N4O2.HI/c1-3-23-20(24-11-14-26-12-6-5-7-13-26)25-15-16-9-8-10-17(27-4-2)18(16)28-19(21)22;/h8-10,19H,3-7,11-15H2,1-2H3,(H2,23,24,25);1H. The Morgan fingerprint density at radius 2 is 1.93 bits per heavy atom. The van der Waals surface area contributed by atoms with Gasteiger partial charge in [0.25, 0.3) is 0 Å². The van der Waals surface area contributed by atoms with E-state index in [0.29, 0.717) is 23.9 Å². The Hall–Kier alpha value is -1.36. The summed E-state index contributed by atoms with van der Waals surface area (Å²) in [6.07, 6.45) is 3.84. The molecule has 0 aromatic heterocycles. The van der Waals surface area contributed by atoms with Crippen LogP contribution in [0.15, 0.2) is 23.2 Å². The topological polar surface area (TPSA) is 58.1 Å². The van der Waals surface area contributed by atoms with E-state index in [0.717, 1.165) is 32.7 Å². The van der Waals surface area contributed by atoms with Gasteiger partial charge in [0.2, 0.25) is 0 Å². The fraction of sp³-hybridized carbons (Fsp3) is 0.650. The molecule has 0 saturated carbocycles. The summed E-state index contributed by atoms with van der Waals surface area (Å²) in [6, 6.07) is 5.10. The number of rotatable bonds is 10. The first-order valence-electron chi connectivity index (χ1n) is 10.1. The summed E-state index contributed by atoms with van der Waals surface area (Å²) in [6.45, 7) is 6.20. The van der Waals surface area contributed by atoms with Gasteiger partial charge in [0.15, 0.2) is 17.5 Å². The molecule has 0 bridgehead atoms. The van der Waals surface area contributed by atoms with E-state index < -0.39 is 6.61 Å². The molecule has 2 N–H and O–H groups in total. The maximum absolute atomic E-state index is 12.8. The third kappa shape index (κ3) is 9.33. The lowest BCUT2D eigenvalue weighted by molar-refractivity contribution is -0.0520. The summed E-state index contributed by atoms with van der Waals surface area (Å²) >= 11 is 0. The van der Waals surface area contributed by atoms with Gasteiger partial charge >= 0.3 is 6.61 Å². The molecule has 1 aromatic rings. The Balaban J connectivity index is 0.00000420. The molecule has 9 heteroatoms. The second-order valence-electron chi connectivity index (χ2n) is 6.58. The third-order valence-corrected chi connectivity index (χ3v) is 4.49. The molecule has 0 aliphatic carbocycles. The number of nitrogens with one attached hydrogen (secondary N) is 2. The van der Waals surface area contributed by atoms with Crippen LogP contribution in [0.4, 0.5) is 8.78 Å². The van der Waals surface area contributed by atoms with E-state index in [4.69, 9.17) is 9.47 Å². The van der Waals surface area contributed by atoms with Crippen LogP contribution in [0, 0.1) is 0 Å². The molecule has 1 saturated heterocycles. The first-order valence-corrected chi connectivity index (χ1v) is 10.1. The van der Waals surface area contributed by atoms with Crippen molar-refractivity contribution in [1.29, 1.82) is 0 Å². The molecule has 1 aliphatic heterocycles. The van der Waals surface area contributed by atoms with Crippen molar-refractivity contribution in [3.05, 3.63) is 23.8 Å². The average molecular weight is 526 g/mol. The predicted molar refractivity (Wildman–Crippen MR) is 123 cm³/mol.